The van der Waals surface area contributed by atoms with E-state index in [0.29, 0.717) is 12.3 Å². The molecule has 0 amide bonds. The Balaban J connectivity index is 1.52. The topological polar surface area (TPSA) is 34.5 Å². The van der Waals surface area contributed by atoms with Gasteiger partial charge in [0.2, 0.25) is 0 Å². The highest BCUT2D eigenvalue weighted by molar-refractivity contribution is 5.82. The van der Waals surface area contributed by atoms with Crippen LogP contribution in [0.2, 0.25) is 0 Å². The van der Waals surface area contributed by atoms with Crippen LogP contribution < -0.4 is 4.74 Å². The number of halogens is 1. The first-order valence-corrected chi connectivity index (χ1v) is 8.70. The molecular weight excluding hydrogens is 327 g/mol. The maximum absolute atomic E-state index is 13.5. The van der Waals surface area contributed by atoms with Gasteiger partial charge < -0.3 is 4.74 Å². The second-order valence-electron chi connectivity index (χ2n) is 5.89. The average Bonchev–Trinajstić information content (AvgIpc) is 2.69. The van der Waals surface area contributed by atoms with Crippen LogP contribution in [0.3, 0.4) is 0 Å². The molecule has 26 heavy (non-hydrogen) atoms. The third-order valence-corrected chi connectivity index (χ3v) is 4.01. The van der Waals surface area contributed by atoms with Gasteiger partial charge in [0.25, 0.3) is 0 Å². The van der Waals surface area contributed by atoms with E-state index in [1.54, 1.807) is 24.4 Å². The number of aromatic nitrogens is 1. The van der Waals surface area contributed by atoms with Gasteiger partial charge in [-0.15, -0.1) is 0 Å². The quantitative estimate of drug-likeness (QED) is 0.553. The molecular formula is C22H21FN2O. The standard InChI is InChI=1S/C22H21FN2O/c1-2-17-7-10-19(24-15-17)13-14-26-20-11-8-18(9-12-20)16-25-22-6-4-3-5-21(22)23/h3-12,15-16H,2,13-14H2,1H3. The summed E-state index contributed by atoms with van der Waals surface area (Å²) in [7, 11) is 0. The van der Waals surface area contributed by atoms with E-state index in [1.807, 2.05) is 36.5 Å². The number of para-hydroxylation sites is 1. The van der Waals surface area contributed by atoms with Gasteiger partial charge in [-0.05, 0) is 60.0 Å². The molecule has 0 atom stereocenters. The van der Waals surface area contributed by atoms with Crippen LogP contribution in [0.15, 0.2) is 71.9 Å². The Kier molecular flexibility index (Phi) is 6.09. The predicted octanol–water partition coefficient (Wildman–Crippen LogP) is 5.16. The third kappa shape index (κ3) is 4.99. The van der Waals surface area contributed by atoms with E-state index in [0.717, 1.165) is 29.8 Å². The molecule has 0 radical (unpaired) electrons. The van der Waals surface area contributed by atoms with Crippen molar-refractivity contribution in [1.29, 1.82) is 0 Å². The average molecular weight is 348 g/mol. The van der Waals surface area contributed by atoms with Crippen molar-refractivity contribution in [1.82, 2.24) is 4.98 Å². The summed E-state index contributed by atoms with van der Waals surface area (Å²) in [4.78, 5) is 8.60. The molecule has 1 heterocycles. The maximum Gasteiger partial charge on any atom is 0.148 e. The van der Waals surface area contributed by atoms with Crippen molar-refractivity contribution in [3.63, 3.8) is 0 Å². The van der Waals surface area contributed by atoms with Crippen LogP contribution in [0.5, 0.6) is 5.75 Å². The van der Waals surface area contributed by atoms with E-state index in [-0.39, 0.29) is 5.82 Å². The summed E-state index contributed by atoms with van der Waals surface area (Å²) < 4.78 is 19.3. The fourth-order valence-corrected chi connectivity index (χ4v) is 2.44. The second kappa shape index (κ2) is 8.90. The van der Waals surface area contributed by atoms with Crippen molar-refractivity contribution < 1.29 is 9.13 Å². The van der Waals surface area contributed by atoms with Crippen LogP contribution in [-0.4, -0.2) is 17.8 Å². The number of pyridine rings is 1. The molecule has 0 spiro atoms. The molecule has 0 fully saturated rings. The van der Waals surface area contributed by atoms with Gasteiger partial charge in [-0.1, -0.05) is 25.1 Å². The SMILES string of the molecule is CCc1ccc(CCOc2ccc(C=Nc3ccccc3F)cc2)nc1. The Hall–Kier alpha value is -3.01. The normalized spacial score (nSPS) is 11.0. The zero-order valence-corrected chi connectivity index (χ0v) is 14.7. The number of aliphatic imine (C=N–C) groups is 1. The molecule has 132 valence electrons. The first kappa shape index (κ1) is 17.8. The monoisotopic (exact) mass is 348 g/mol. The van der Waals surface area contributed by atoms with Gasteiger partial charge in [-0.2, -0.15) is 0 Å². The summed E-state index contributed by atoms with van der Waals surface area (Å²) in [5.74, 6) is 0.461. The van der Waals surface area contributed by atoms with Crippen molar-refractivity contribution in [2.75, 3.05) is 6.61 Å². The van der Waals surface area contributed by atoms with Gasteiger partial charge in [0.1, 0.15) is 11.6 Å². The molecule has 3 aromatic rings. The smallest absolute Gasteiger partial charge is 0.148 e. The second-order valence-corrected chi connectivity index (χ2v) is 5.89. The Morgan fingerprint density at radius 2 is 1.85 bits per heavy atom. The van der Waals surface area contributed by atoms with E-state index in [1.165, 1.54) is 11.6 Å². The third-order valence-electron chi connectivity index (χ3n) is 4.01. The number of hydrogen-bond acceptors (Lipinski definition) is 3. The van der Waals surface area contributed by atoms with Crippen LogP contribution in [0, 0.1) is 5.82 Å². The Morgan fingerprint density at radius 3 is 2.54 bits per heavy atom. The molecule has 2 aromatic carbocycles. The van der Waals surface area contributed by atoms with Crippen molar-refractivity contribution in [3.05, 3.63) is 89.5 Å². The highest BCUT2D eigenvalue weighted by Crippen LogP contribution is 2.17. The lowest BCUT2D eigenvalue weighted by molar-refractivity contribution is 0.320. The number of benzene rings is 2. The molecule has 0 saturated heterocycles. The lowest BCUT2D eigenvalue weighted by Gasteiger charge is -2.06. The minimum Gasteiger partial charge on any atom is -0.493 e. The van der Waals surface area contributed by atoms with Gasteiger partial charge >= 0.3 is 0 Å². The molecule has 0 aliphatic rings. The van der Waals surface area contributed by atoms with Crippen LogP contribution in [0.1, 0.15) is 23.7 Å². The predicted molar refractivity (Wildman–Crippen MR) is 103 cm³/mol. The summed E-state index contributed by atoms with van der Waals surface area (Å²) in [5, 5.41) is 0. The summed E-state index contributed by atoms with van der Waals surface area (Å²) in [6.07, 6.45) is 5.32. The zero-order valence-electron chi connectivity index (χ0n) is 14.7. The molecule has 0 saturated carbocycles. The summed E-state index contributed by atoms with van der Waals surface area (Å²) in [6, 6.07) is 18.2. The largest absolute Gasteiger partial charge is 0.493 e. The number of nitrogens with zero attached hydrogens (tertiary/aromatic N) is 2. The molecule has 0 N–H and O–H groups in total. The van der Waals surface area contributed by atoms with Crippen LogP contribution in [0.25, 0.3) is 0 Å². The van der Waals surface area contributed by atoms with E-state index < -0.39 is 0 Å². The molecule has 0 bridgehead atoms. The molecule has 4 heteroatoms. The van der Waals surface area contributed by atoms with E-state index in [9.17, 15) is 4.39 Å². The lowest BCUT2D eigenvalue weighted by atomic mass is 10.2. The molecule has 3 nitrogen and oxygen atoms in total. The van der Waals surface area contributed by atoms with Gasteiger partial charge in [0.05, 0.1) is 12.3 Å². The van der Waals surface area contributed by atoms with E-state index >= 15 is 0 Å². The molecule has 0 aliphatic carbocycles. The minimum atomic E-state index is -0.329. The first-order chi connectivity index (χ1) is 12.7. The summed E-state index contributed by atoms with van der Waals surface area (Å²) in [5.41, 5.74) is 3.48. The Labute approximate surface area is 153 Å². The van der Waals surface area contributed by atoms with Gasteiger partial charge in [0, 0.05) is 24.5 Å². The van der Waals surface area contributed by atoms with Gasteiger partial charge in [-0.25, -0.2) is 4.39 Å². The van der Waals surface area contributed by atoms with Crippen molar-refractivity contribution in [2.24, 2.45) is 4.99 Å². The number of rotatable bonds is 7. The number of aryl methyl sites for hydroxylation is 1. The maximum atomic E-state index is 13.5. The first-order valence-electron chi connectivity index (χ1n) is 8.70. The summed E-state index contributed by atoms with van der Waals surface area (Å²) in [6.45, 7) is 2.69. The van der Waals surface area contributed by atoms with Crippen LogP contribution in [0.4, 0.5) is 10.1 Å². The van der Waals surface area contributed by atoms with Crippen LogP contribution >= 0.6 is 0 Å². The van der Waals surface area contributed by atoms with Crippen molar-refractivity contribution >= 4 is 11.9 Å². The van der Waals surface area contributed by atoms with Crippen molar-refractivity contribution in [2.45, 2.75) is 19.8 Å². The minimum absolute atomic E-state index is 0.328. The highest BCUT2D eigenvalue weighted by atomic mass is 19.1. The molecule has 3 rings (SSSR count). The molecule has 0 aliphatic heterocycles. The van der Waals surface area contributed by atoms with Crippen LogP contribution in [-0.2, 0) is 12.8 Å². The van der Waals surface area contributed by atoms with E-state index in [4.69, 9.17) is 4.74 Å². The molecule has 1 aromatic heterocycles. The number of hydrogen-bond donors (Lipinski definition) is 0. The fraction of sp³-hybridized carbons (Fsp3) is 0.182. The fourth-order valence-electron chi connectivity index (χ4n) is 2.44. The van der Waals surface area contributed by atoms with Gasteiger partial charge in [-0.3, -0.25) is 9.98 Å². The molecule has 0 unspecified atom stereocenters. The Bertz CT molecular complexity index is 858. The lowest BCUT2D eigenvalue weighted by Crippen LogP contribution is -2.03. The van der Waals surface area contributed by atoms with Crippen molar-refractivity contribution in [3.8, 4) is 5.75 Å². The van der Waals surface area contributed by atoms with E-state index in [2.05, 4.69) is 23.0 Å². The summed E-state index contributed by atoms with van der Waals surface area (Å²) >= 11 is 0. The van der Waals surface area contributed by atoms with Gasteiger partial charge in [0.15, 0.2) is 0 Å². The Morgan fingerprint density at radius 1 is 1.04 bits per heavy atom. The zero-order chi connectivity index (χ0) is 18.2. The highest BCUT2D eigenvalue weighted by Gasteiger charge is 1.99. The number of ether oxygens (including phenoxy) is 1.